The highest BCUT2D eigenvalue weighted by Crippen LogP contribution is 2.34. The van der Waals surface area contributed by atoms with Gasteiger partial charge >= 0.3 is 0 Å². The average molecular weight is 491 g/mol. The maximum absolute atomic E-state index is 13.5. The molecule has 0 saturated heterocycles. The van der Waals surface area contributed by atoms with E-state index >= 15 is 0 Å². The van der Waals surface area contributed by atoms with Gasteiger partial charge < -0.3 is 14.7 Å². The summed E-state index contributed by atoms with van der Waals surface area (Å²) in [7, 11) is -2.16. The van der Waals surface area contributed by atoms with Crippen molar-refractivity contribution in [1.29, 1.82) is 0 Å². The van der Waals surface area contributed by atoms with Gasteiger partial charge in [-0.05, 0) is 43.9 Å². The molecule has 1 aliphatic heterocycles. The van der Waals surface area contributed by atoms with E-state index in [0.717, 1.165) is 6.42 Å². The molecule has 1 aromatic rings. The van der Waals surface area contributed by atoms with Crippen molar-refractivity contribution in [3.8, 4) is 17.6 Å². The van der Waals surface area contributed by atoms with E-state index in [1.165, 1.54) is 30.0 Å². The zero-order chi connectivity index (χ0) is 24.9. The smallest absolute Gasteiger partial charge is 0.247 e. The van der Waals surface area contributed by atoms with Crippen molar-refractivity contribution in [2.24, 2.45) is 11.8 Å². The highest BCUT2D eigenvalue weighted by Gasteiger charge is 2.38. The first-order valence-electron chi connectivity index (χ1n) is 12.3. The molecule has 3 rings (SSSR count). The van der Waals surface area contributed by atoms with Crippen molar-refractivity contribution in [3.05, 3.63) is 23.8 Å². The summed E-state index contributed by atoms with van der Waals surface area (Å²) < 4.78 is 34.7. The van der Waals surface area contributed by atoms with Gasteiger partial charge in [0.1, 0.15) is 16.7 Å². The molecule has 0 unspecified atom stereocenters. The molecule has 1 aromatic carbocycles. The van der Waals surface area contributed by atoms with Crippen LogP contribution in [-0.2, 0) is 14.8 Å². The quantitative estimate of drug-likeness (QED) is 0.619. The number of fused-ring (bicyclic) bond motifs is 1. The first-order valence-corrected chi connectivity index (χ1v) is 13.8. The van der Waals surface area contributed by atoms with Crippen molar-refractivity contribution in [2.45, 2.75) is 76.3 Å². The maximum Gasteiger partial charge on any atom is 0.247 e. The Balaban J connectivity index is 1.97. The second kappa shape index (κ2) is 11.6. The number of amides is 1. The predicted molar refractivity (Wildman–Crippen MR) is 132 cm³/mol. The molecule has 1 aliphatic carbocycles. The summed E-state index contributed by atoms with van der Waals surface area (Å²) in [5.74, 6) is 7.13. The van der Waals surface area contributed by atoms with Crippen LogP contribution < -0.4 is 4.74 Å². The van der Waals surface area contributed by atoms with Crippen LogP contribution in [0.3, 0.4) is 0 Å². The molecule has 0 spiro atoms. The predicted octanol–water partition coefficient (Wildman–Crippen LogP) is 3.26. The Labute approximate surface area is 204 Å². The summed E-state index contributed by atoms with van der Waals surface area (Å²) in [5.41, 5.74) is 0.707. The fourth-order valence-electron chi connectivity index (χ4n) is 4.67. The van der Waals surface area contributed by atoms with Gasteiger partial charge in [-0.2, -0.15) is 4.31 Å². The molecule has 1 N–H and O–H groups in total. The van der Waals surface area contributed by atoms with Gasteiger partial charge in [-0.1, -0.05) is 38.5 Å². The Morgan fingerprint density at radius 2 is 2.03 bits per heavy atom. The standard InChI is InChI=1S/C26H38N2O5S/c1-5-26(30)27(4)17-24-19(2)16-28(20(3)18-29)34(31,32)25-14-13-22(15-23(25)33-24)12-8-11-21-9-6-7-10-21/h13-15,19-21,24,29H,5-7,9-11,16-18H2,1-4H3/t19-,20+,24+/m0/s1. The molecule has 1 fully saturated rings. The maximum atomic E-state index is 13.5. The zero-order valence-electron chi connectivity index (χ0n) is 20.8. The van der Waals surface area contributed by atoms with Crippen molar-refractivity contribution < 1.29 is 23.1 Å². The van der Waals surface area contributed by atoms with E-state index < -0.39 is 22.2 Å². The topological polar surface area (TPSA) is 87.2 Å². The summed E-state index contributed by atoms with van der Waals surface area (Å²) in [6.07, 6.45) is 5.82. The molecule has 34 heavy (non-hydrogen) atoms. The number of aliphatic hydroxyl groups excluding tert-OH is 1. The normalized spacial score (nSPS) is 23.6. The molecule has 188 valence electrons. The van der Waals surface area contributed by atoms with Crippen LogP contribution in [0.2, 0.25) is 0 Å². The lowest BCUT2D eigenvalue weighted by Gasteiger charge is -2.37. The third-order valence-corrected chi connectivity index (χ3v) is 8.97. The SMILES string of the molecule is CCC(=O)N(C)C[C@H]1Oc2cc(C#CCC3CCCC3)ccc2S(=O)(=O)N([C@H](C)CO)C[C@@H]1C. The van der Waals surface area contributed by atoms with Crippen molar-refractivity contribution >= 4 is 15.9 Å². The third kappa shape index (κ3) is 6.12. The summed E-state index contributed by atoms with van der Waals surface area (Å²) in [4.78, 5) is 13.9. The molecule has 0 bridgehead atoms. The summed E-state index contributed by atoms with van der Waals surface area (Å²) in [6, 6.07) is 4.38. The van der Waals surface area contributed by atoms with Gasteiger partial charge in [-0.25, -0.2) is 8.42 Å². The minimum atomic E-state index is -3.89. The molecule has 0 aromatic heterocycles. The van der Waals surface area contributed by atoms with Crippen LogP contribution in [-0.4, -0.2) is 67.5 Å². The van der Waals surface area contributed by atoms with Crippen LogP contribution in [0.1, 0.15) is 64.9 Å². The number of rotatable bonds is 6. The zero-order valence-corrected chi connectivity index (χ0v) is 21.6. The van der Waals surface area contributed by atoms with Crippen LogP contribution in [0, 0.1) is 23.7 Å². The number of benzene rings is 1. The number of hydrogen-bond donors (Lipinski definition) is 1. The van der Waals surface area contributed by atoms with E-state index in [0.29, 0.717) is 24.4 Å². The van der Waals surface area contributed by atoms with Gasteiger partial charge in [-0.15, -0.1) is 0 Å². The number of ether oxygens (including phenoxy) is 1. The van der Waals surface area contributed by atoms with Crippen molar-refractivity contribution in [3.63, 3.8) is 0 Å². The molecule has 1 amide bonds. The Morgan fingerprint density at radius 3 is 2.68 bits per heavy atom. The van der Waals surface area contributed by atoms with Gasteiger partial charge in [0.25, 0.3) is 0 Å². The summed E-state index contributed by atoms with van der Waals surface area (Å²) in [5, 5.41) is 9.75. The molecule has 2 aliphatic rings. The van der Waals surface area contributed by atoms with E-state index in [1.807, 2.05) is 13.8 Å². The number of likely N-dealkylation sites (N-methyl/N-ethyl adjacent to an activating group) is 1. The second-order valence-corrected chi connectivity index (χ2v) is 11.5. The Bertz CT molecular complexity index is 1020. The van der Waals surface area contributed by atoms with Crippen LogP contribution in [0.15, 0.2) is 23.1 Å². The molecular weight excluding hydrogens is 452 g/mol. The van der Waals surface area contributed by atoms with Crippen molar-refractivity contribution in [1.82, 2.24) is 9.21 Å². The number of hydrogen-bond acceptors (Lipinski definition) is 5. The van der Waals surface area contributed by atoms with E-state index in [9.17, 15) is 18.3 Å². The van der Waals surface area contributed by atoms with Gasteiger partial charge in [0.15, 0.2) is 0 Å². The van der Waals surface area contributed by atoms with Crippen LogP contribution >= 0.6 is 0 Å². The number of sulfonamides is 1. The van der Waals surface area contributed by atoms with Crippen LogP contribution in [0.25, 0.3) is 0 Å². The fourth-order valence-corrected chi connectivity index (χ4v) is 6.50. The van der Waals surface area contributed by atoms with E-state index in [1.54, 1.807) is 37.1 Å². The van der Waals surface area contributed by atoms with Crippen molar-refractivity contribution in [2.75, 3.05) is 26.7 Å². The van der Waals surface area contributed by atoms with E-state index in [2.05, 4.69) is 11.8 Å². The first-order chi connectivity index (χ1) is 16.2. The number of nitrogens with zero attached hydrogens (tertiary/aromatic N) is 2. The fraction of sp³-hybridized carbons (Fsp3) is 0.654. The molecule has 0 radical (unpaired) electrons. The molecule has 1 saturated carbocycles. The number of carbonyl (C=O) groups excluding carboxylic acids is 1. The first kappa shape index (κ1) is 26.5. The largest absolute Gasteiger partial charge is 0.487 e. The number of aliphatic hydroxyl groups is 1. The highest BCUT2D eigenvalue weighted by atomic mass is 32.2. The van der Waals surface area contributed by atoms with Gasteiger partial charge in [0, 0.05) is 44.0 Å². The van der Waals surface area contributed by atoms with Gasteiger partial charge in [-0.3, -0.25) is 4.79 Å². The minimum absolute atomic E-state index is 0.00202. The molecule has 1 heterocycles. The Kier molecular flexibility index (Phi) is 9.02. The highest BCUT2D eigenvalue weighted by molar-refractivity contribution is 7.89. The summed E-state index contributed by atoms with van der Waals surface area (Å²) in [6.45, 7) is 5.66. The van der Waals surface area contributed by atoms with Crippen LogP contribution in [0.5, 0.6) is 5.75 Å². The molecule has 7 nitrogen and oxygen atoms in total. The van der Waals surface area contributed by atoms with E-state index in [4.69, 9.17) is 4.74 Å². The molecular formula is C26H38N2O5S. The number of carbonyl (C=O) groups is 1. The minimum Gasteiger partial charge on any atom is -0.487 e. The lowest BCUT2D eigenvalue weighted by Crippen LogP contribution is -2.50. The monoisotopic (exact) mass is 490 g/mol. The lowest BCUT2D eigenvalue weighted by molar-refractivity contribution is -0.131. The summed E-state index contributed by atoms with van der Waals surface area (Å²) >= 11 is 0. The average Bonchev–Trinajstić information content (AvgIpc) is 3.33. The van der Waals surface area contributed by atoms with Gasteiger partial charge in [0.2, 0.25) is 15.9 Å². The lowest BCUT2D eigenvalue weighted by atomic mass is 10.0. The molecule has 8 heteroatoms. The Hall–Kier alpha value is -2.08. The van der Waals surface area contributed by atoms with Gasteiger partial charge in [0.05, 0.1) is 13.2 Å². The second-order valence-electron chi connectivity index (χ2n) is 9.69. The van der Waals surface area contributed by atoms with Crippen LogP contribution in [0.4, 0.5) is 0 Å². The Morgan fingerprint density at radius 1 is 1.32 bits per heavy atom. The van der Waals surface area contributed by atoms with E-state index in [-0.39, 0.29) is 35.6 Å². The third-order valence-electron chi connectivity index (χ3n) is 6.95. The molecule has 3 atom stereocenters.